The smallest absolute Gasteiger partial charge is 0.231 e. The number of benzene rings is 2. The van der Waals surface area contributed by atoms with Crippen LogP contribution in [0.15, 0.2) is 60.9 Å². The molecule has 0 radical (unpaired) electrons. The molecule has 3 aliphatic heterocycles. The van der Waals surface area contributed by atoms with Crippen molar-refractivity contribution in [2.45, 2.75) is 30.8 Å². The van der Waals surface area contributed by atoms with Gasteiger partial charge >= 0.3 is 0 Å². The third kappa shape index (κ3) is 2.57. The van der Waals surface area contributed by atoms with Gasteiger partial charge < -0.3 is 5.32 Å². The predicted molar refractivity (Wildman–Crippen MR) is 122 cm³/mol. The molecule has 6 heteroatoms. The van der Waals surface area contributed by atoms with Crippen molar-refractivity contribution in [1.82, 2.24) is 20.2 Å². The monoisotopic (exact) mass is 427 g/mol. The lowest BCUT2D eigenvalue weighted by Crippen LogP contribution is -2.65. The standard InChI is InChI=1S/C26H26FN5/c27-21-7-3-1-5-19(21)18-13-29-24(30-14-18)32-22-8-4-2-6-20(22)26(9-10-26)23(32)31-16-25(17-31)11-12-28-15-25/h1-8,13-14,23,28H,9-12,15-17H2. The maximum absolute atomic E-state index is 14.3. The Balaban J connectivity index is 1.27. The van der Waals surface area contributed by atoms with Gasteiger partial charge in [0.25, 0.3) is 0 Å². The molecule has 1 saturated carbocycles. The summed E-state index contributed by atoms with van der Waals surface area (Å²) in [5, 5.41) is 3.55. The van der Waals surface area contributed by atoms with Crippen LogP contribution in [0.2, 0.25) is 0 Å². The minimum Gasteiger partial charge on any atom is -0.316 e. The van der Waals surface area contributed by atoms with Crippen molar-refractivity contribution in [3.63, 3.8) is 0 Å². The van der Waals surface area contributed by atoms with Gasteiger partial charge in [-0.15, -0.1) is 0 Å². The Morgan fingerprint density at radius 2 is 1.69 bits per heavy atom. The Labute approximate surface area is 187 Å². The first-order valence-corrected chi connectivity index (χ1v) is 11.6. The molecule has 2 saturated heterocycles. The number of hydrogen-bond acceptors (Lipinski definition) is 5. The Morgan fingerprint density at radius 3 is 2.41 bits per heavy atom. The van der Waals surface area contributed by atoms with Crippen LogP contribution in [-0.4, -0.2) is 47.2 Å². The van der Waals surface area contributed by atoms with E-state index >= 15 is 0 Å². The Hall–Kier alpha value is -2.83. The van der Waals surface area contributed by atoms with Gasteiger partial charge in [0.1, 0.15) is 5.82 Å². The largest absolute Gasteiger partial charge is 0.316 e. The van der Waals surface area contributed by atoms with Gasteiger partial charge in [-0.1, -0.05) is 36.4 Å². The lowest BCUT2D eigenvalue weighted by atomic mass is 9.77. The van der Waals surface area contributed by atoms with Crippen molar-refractivity contribution in [2.24, 2.45) is 5.41 Å². The maximum Gasteiger partial charge on any atom is 0.231 e. The van der Waals surface area contributed by atoms with E-state index in [0.717, 1.165) is 26.2 Å². The Bertz CT molecular complexity index is 1170. The average molecular weight is 428 g/mol. The maximum atomic E-state index is 14.3. The molecule has 1 aliphatic carbocycles. The lowest BCUT2D eigenvalue weighted by Gasteiger charge is -2.53. The van der Waals surface area contributed by atoms with Crippen molar-refractivity contribution in [2.75, 3.05) is 31.1 Å². The summed E-state index contributed by atoms with van der Waals surface area (Å²) in [7, 11) is 0. The van der Waals surface area contributed by atoms with Gasteiger partial charge in [0.2, 0.25) is 5.95 Å². The van der Waals surface area contributed by atoms with Gasteiger partial charge in [0, 0.05) is 59.7 Å². The third-order valence-electron chi connectivity index (χ3n) is 8.02. The van der Waals surface area contributed by atoms with E-state index in [-0.39, 0.29) is 17.4 Å². The number of anilines is 2. The highest BCUT2D eigenvalue weighted by Crippen LogP contribution is 2.63. The molecule has 5 nitrogen and oxygen atoms in total. The molecule has 1 aromatic heterocycles. The minimum absolute atomic E-state index is 0.178. The predicted octanol–water partition coefficient (Wildman–Crippen LogP) is 4.09. The molecule has 32 heavy (non-hydrogen) atoms. The SMILES string of the molecule is Fc1ccccc1-c1cnc(N2c3ccccc3C3(CC3)C2N2CC3(CCNC3)C2)nc1. The second-order valence-corrected chi connectivity index (χ2v) is 10.0. The van der Waals surface area contributed by atoms with Gasteiger partial charge in [-0.25, -0.2) is 14.4 Å². The van der Waals surface area contributed by atoms with Gasteiger partial charge in [-0.2, -0.15) is 0 Å². The van der Waals surface area contributed by atoms with Gasteiger partial charge in [-0.05, 0) is 43.5 Å². The average Bonchev–Trinajstić information content (AvgIpc) is 3.34. The van der Waals surface area contributed by atoms with Crippen molar-refractivity contribution < 1.29 is 4.39 Å². The van der Waals surface area contributed by atoms with Crippen LogP contribution in [0, 0.1) is 11.2 Å². The normalized spacial score (nSPS) is 24.7. The van der Waals surface area contributed by atoms with Crippen LogP contribution in [-0.2, 0) is 5.41 Å². The molecule has 3 fully saturated rings. The van der Waals surface area contributed by atoms with Gasteiger partial charge in [-0.3, -0.25) is 9.80 Å². The highest BCUT2D eigenvalue weighted by Gasteiger charge is 2.64. The molecular formula is C26H26FN5. The van der Waals surface area contributed by atoms with Crippen molar-refractivity contribution in [1.29, 1.82) is 0 Å². The zero-order valence-corrected chi connectivity index (χ0v) is 18.0. The van der Waals surface area contributed by atoms with Crippen LogP contribution in [0.1, 0.15) is 24.8 Å². The number of rotatable bonds is 3. The zero-order valence-electron chi connectivity index (χ0n) is 18.0. The molecule has 0 bridgehead atoms. The Morgan fingerprint density at radius 1 is 0.938 bits per heavy atom. The summed E-state index contributed by atoms with van der Waals surface area (Å²) >= 11 is 0. The van der Waals surface area contributed by atoms with Crippen LogP contribution >= 0.6 is 0 Å². The third-order valence-corrected chi connectivity index (χ3v) is 8.02. The summed E-state index contributed by atoms with van der Waals surface area (Å²) in [5.41, 5.74) is 4.51. The summed E-state index contributed by atoms with van der Waals surface area (Å²) in [4.78, 5) is 14.5. The highest BCUT2D eigenvalue weighted by atomic mass is 19.1. The molecule has 1 N–H and O–H groups in total. The molecule has 2 aromatic carbocycles. The van der Waals surface area contributed by atoms with E-state index < -0.39 is 0 Å². The zero-order chi connectivity index (χ0) is 21.3. The highest BCUT2D eigenvalue weighted by molar-refractivity contribution is 5.73. The first kappa shape index (κ1) is 18.7. The van der Waals surface area contributed by atoms with E-state index in [1.807, 2.05) is 6.07 Å². The van der Waals surface area contributed by atoms with Gasteiger partial charge in [0.05, 0.1) is 6.17 Å². The summed E-state index contributed by atoms with van der Waals surface area (Å²) in [5.74, 6) is 0.457. The van der Waals surface area contributed by atoms with Crippen LogP contribution in [0.3, 0.4) is 0 Å². The fourth-order valence-electron chi connectivity index (χ4n) is 6.35. The van der Waals surface area contributed by atoms with Crippen molar-refractivity contribution in [3.05, 3.63) is 72.3 Å². The van der Waals surface area contributed by atoms with Crippen molar-refractivity contribution >= 4 is 11.6 Å². The first-order valence-electron chi connectivity index (χ1n) is 11.6. The first-order chi connectivity index (χ1) is 15.7. The van der Waals surface area contributed by atoms with Gasteiger partial charge in [0.15, 0.2) is 0 Å². The fourth-order valence-corrected chi connectivity index (χ4v) is 6.35. The summed E-state index contributed by atoms with van der Waals surface area (Å²) in [6.45, 7) is 4.52. The number of nitrogens with one attached hydrogen (secondary N) is 1. The summed E-state index contributed by atoms with van der Waals surface area (Å²) < 4.78 is 14.3. The molecule has 2 spiro atoms. The molecule has 0 amide bonds. The second kappa shape index (κ2) is 6.59. The molecule has 1 unspecified atom stereocenters. The number of aromatic nitrogens is 2. The fraction of sp³-hybridized carbons (Fsp3) is 0.385. The van der Waals surface area contributed by atoms with E-state index in [2.05, 4.69) is 39.4 Å². The molecule has 4 heterocycles. The van der Waals surface area contributed by atoms with E-state index in [9.17, 15) is 4.39 Å². The summed E-state index contributed by atoms with van der Waals surface area (Å²) in [6, 6.07) is 15.5. The lowest BCUT2D eigenvalue weighted by molar-refractivity contribution is -0.0247. The molecule has 7 rings (SSSR count). The number of likely N-dealkylation sites (tertiary alicyclic amines) is 1. The molecule has 1 atom stereocenters. The second-order valence-electron chi connectivity index (χ2n) is 10.0. The number of para-hydroxylation sites is 1. The quantitative estimate of drug-likeness (QED) is 0.682. The number of hydrogen-bond donors (Lipinski definition) is 1. The van der Waals surface area contributed by atoms with E-state index in [1.54, 1.807) is 24.5 Å². The topological polar surface area (TPSA) is 44.3 Å². The molecular weight excluding hydrogens is 401 g/mol. The van der Waals surface area contributed by atoms with E-state index in [1.165, 1.54) is 36.6 Å². The number of halogens is 1. The van der Waals surface area contributed by atoms with E-state index in [0.29, 0.717) is 22.5 Å². The number of nitrogens with zero attached hydrogens (tertiary/aromatic N) is 4. The van der Waals surface area contributed by atoms with Crippen LogP contribution in [0.4, 0.5) is 16.0 Å². The number of fused-ring (bicyclic) bond motifs is 2. The summed E-state index contributed by atoms with van der Waals surface area (Å²) in [6.07, 6.45) is 7.46. The van der Waals surface area contributed by atoms with Crippen LogP contribution in [0.25, 0.3) is 11.1 Å². The van der Waals surface area contributed by atoms with E-state index in [4.69, 9.17) is 9.97 Å². The minimum atomic E-state index is -0.249. The molecule has 162 valence electrons. The Kier molecular flexibility index (Phi) is 3.85. The molecule has 3 aromatic rings. The molecule has 4 aliphatic rings. The van der Waals surface area contributed by atoms with Crippen molar-refractivity contribution in [3.8, 4) is 11.1 Å². The van der Waals surface area contributed by atoms with Crippen LogP contribution in [0.5, 0.6) is 0 Å². The van der Waals surface area contributed by atoms with Crippen LogP contribution < -0.4 is 10.2 Å².